The van der Waals surface area contributed by atoms with Crippen LogP contribution in [0, 0.1) is 5.92 Å². The molecule has 1 unspecified atom stereocenters. The van der Waals surface area contributed by atoms with E-state index in [2.05, 4.69) is 19.2 Å². The van der Waals surface area contributed by atoms with Crippen LogP contribution in [0.5, 0.6) is 0 Å². The van der Waals surface area contributed by atoms with E-state index in [4.69, 9.17) is 28.9 Å². The summed E-state index contributed by atoms with van der Waals surface area (Å²) in [6, 6.07) is 3.16. The molecule has 1 aromatic rings. The number of carbonyl (C=O) groups excluding carboxylic acids is 1. The summed E-state index contributed by atoms with van der Waals surface area (Å²) in [5, 5.41) is 3.48. The van der Waals surface area contributed by atoms with Crippen molar-refractivity contribution in [2.24, 2.45) is 5.92 Å². The summed E-state index contributed by atoms with van der Waals surface area (Å²) in [6.45, 7) is 6.19. The molecule has 0 aliphatic carbocycles. The van der Waals surface area contributed by atoms with Crippen molar-refractivity contribution in [1.82, 2.24) is 5.32 Å². The normalized spacial score (nSPS) is 12.6. The molecule has 1 atom stereocenters. The number of carbonyl (C=O) groups is 1. The minimum absolute atomic E-state index is 0.105. The van der Waals surface area contributed by atoms with Gasteiger partial charge in [0.05, 0.1) is 15.7 Å². The molecule has 0 saturated carbocycles. The van der Waals surface area contributed by atoms with Gasteiger partial charge in [0.1, 0.15) is 0 Å². The maximum Gasteiger partial charge on any atom is 0.251 e. The van der Waals surface area contributed by atoms with E-state index in [1.807, 2.05) is 6.92 Å². The summed E-state index contributed by atoms with van der Waals surface area (Å²) in [5.74, 6) is 0.340. The van der Waals surface area contributed by atoms with Crippen molar-refractivity contribution in [3.63, 3.8) is 0 Å². The number of hydrogen-bond donors (Lipinski definition) is 2. The van der Waals surface area contributed by atoms with Crippen molar-refractivity contribution in [3.8, 4) is 0 Å². The molecule has 0 heterocycles. The molecule has 0 aromatic heterocycles. The third kappa shape index (κ3) is 4.07. The van der Waals surface area contributed by atoms with E-state index in [1.54, 1.807) is 0 Å². The van der Waals surface area contributed by atoms with E-state index in [-0.39, 0.29) is 17.0 Å². The van der Waals surface area contributed by atoms with Gasteiger partial charge in [-0.15, -0.1) is 0 Å². The zero-order valence-corrected chi connectivity index (χ0v) is 12.3. The highest BCUT2D eigenvalue weighted by Crippen LogP contribution is 2.29. The fourth-order valence-corrected chi connectivity index (χ4v) is 2.15. The van der Waals surface area contributed by atoms with Gasteiger partial charge >= 0.3 is 0 Å². The monoisotopic (exact) mass is 288 g/mol. The van der Waals surface area contributed by atoms with E-state index in [0.717, 1.165) is 6.42 Å². The number of nitrogens with two attached hydrogens (primary N) is 1. The molecular weight excluding hydrogens is 271 g/mol. The van der Waals surface area contributed by atoms with E-state index in [1.165, 1.54) is 12.1 Å². The Morgan fingerprint density at radius 2 is 1.94 bits per heavy atom. The van der Waals surface area contributed by atoms with Crippen LogP contribution in [-0.4, -0.2) is 11.9 Å². The van der Waals surface area contributed by atoms with Crippen LogP contribution in [0.25, 0.3) is 0 Å². The molecular formula is C13H18Cl2N2O. The van der Waals surface area contributed by atoms with Crippen molar-refractivity contribution in [2.45, 2.75) is 33.2 Å². The van der Waals surface area contributed by atoms with Gasteiger partial charge in [0.15, 0.2) is 0 Å². The number of hydrogen-bond acceptors (Lipinski definition) is 2. The van der Waals surface area contributed by atoms with E-state index >= 15 is 0 Å². The first-order valence-electron chi connectivity index (χ1n) is 5.86. The van der Waals surface area contributed by atoms with Crippen LogP contribution < -0.4 is 11.1 Å². The number of anilines is 1. The van der Waals surface area contributed by atoms with Crippen molar-refractivity contribution >= 4 is 34.8 Å². The largest absolute Gasteiger partial charge is 0.397 e. The van der Waals surface area contributed by atoms with Crippen molar-refractivity contribution in [1.29, 1.82) is 0 Å². The topological polar surface area (TPSA) is 55.1 Å². The highest BCUT2D eigenvalue weighted by atomic mass is 35.5. The molecule has 0 saturated heterocycles. The lowest BCUT2D eigenvalue weighted by atomic mass is 10.0. The van der Waals surface area contributed by atoms with Crippen molar-refractivity contribution in [3.05, 3.63) is 27.7 Å². The van der Waals surface area contributed by atoms with Crippen LogP contribution in [0.3, 0.4) is 0 Å². The highest BCUT2D eigenvalue weighted by Gasteiger charge is 2.14. The molecule has 3 nitrogen and oxygen atoms in total. The standard InChI is InChI=1S/C13H18Cl2N2O/c1-7(2)4-8(3)17-13(18)9-5-10(14)12(15)11(16)6-9/h5-8H,4,16H2,1-3H3,(H,17,18). The Labute approximate surface area is 118 Å². The Balaban J connectivity index is 2.79. The lowest BCUT2D eigenvalue weighted by molar-refractivity contribution is 0.0936. The van der Waals surface area contributed by atoms with Gasteiger partial charge in [-0.25, -0.2) is 0 Å². The van der Waals surface area contributed by atoms with E-state index < -0.39 is 0 Å². The van der Waals surface area contributed by atoms with Gasteiger partial charge in [-0.1, -0.05) is 37.0 Å². The van der Waals surface area contributed by atoms with E-state index in [9.17, 15) is 4.79 Å². The minimum Gasteiger partial charge on any atom is -0.397 e. The summed E-state index contributed by atoms with van der Waals surface area (Å²) < 4.78 is 0. The van der Waals surface area contributed by atoms with Gasteiger partial charge < -0.3 is 11.1 Å². The lowest BCUT2D eigenvalue weighted by Crippen LogP contribution is -2.33. The summed E-state index contributed by atoms with van der Waals surface area (Å²) in [6.07, 6.45) is 0.919. The number of nitrogen functional groups attached to an aromatic ring is 1. The molecule has 3 N–H and O–H groups in total. The van der Waals surface area contributed by atoms with Crippen molar-refractivity contribution < 1.29 is 4.79 Å². The molecule has 5 heteroatoms. The summed E-state index contributed by atoms with van der Waals surface area (Å²) in [5.41, 5.74) is 6.41. The summed E-state index contributed by atoms with van der Waals surface area (Å²) >= 11 is 11.7. The van der Waals surface area contributed by atoms with Gasteiger partial charge in [0, 0.05) is 11.6 Å². The number of halogens is 2. The van der Waals surface area contributed by atoms with Gasteiger partial charge in [0.25, 0.3) is 5.91 Å². The van der Waals surface area contributed by atoms with Gasteiger partial charge in [0.2, 0.25) is 0 Å². The predicted molar refractivity (Wildman–Crippen MR) is 77.3 cm³/mol. The number of amides is 1. The number of rotatable bonds is 4. The SMILES string of the molecule is CC(C)CC(C)NC(=O)c1cc(N)c(Cl)c(Cl)c1. The zero-order chi connectivity index (χ0) is 13.9. The molecule has 1 rings (SSSR count). The molecule has 1 amide bonds. The first-order chi connectivity index (χ1) is 8.31. The third-order valence-corrected chi connectivity index (χ3v) is 3.34. The van der Waals surface area contributed by atoms with Crippen LogP contribution >= 0.6 is 23.2 Å². The van der Waals surface area contributed by atoms with Crippen molar-refractivity contribution in [2.75, 3.05) is 5.73 Å². The molecule has 0 spiro atoms. The molecule has 0 aliphatic heterocycles. The molecule has 0 radical (unpaired) electrons. The van der Waals surface area contributed by atoms with Crippen LogP contribution in [0.2, 0.25) is 10.0 Å². The van der Waals surface area contributed by atoms with E-state index in [0.29, 0.717) is 22.2 Å². The third-order valence-electron chi connectivity index (χ3n) is 2.52. The second-order valence-corrected chi connectivity index (χ2v) is 5.65. The molecule has 0 fully saturated rings. The second-order valence-electron chi connectivity index (χ2n) is 4.87. The highest BCUT2D eigenvalue weighted by molar-refractivity contribution is 6.43. The second kappa shape index (κ2) is 6.30. The Morgan fingerprint density at radius 3 is 2.44 bits per heavy atom. The molecule has 1 aromatic carbocycles. The smallest absolute Gasteiger partial charge is 0.251 e. The van der Waals surface area contributed by atoms with Crippen LogP contribution in [-0.2, 0) is 0 Å². The summed E-state index contributed by atoms with van der Waals surface area (Å²) in [4.78, 5) is 12.0. The average molecular weight is 289 g/mol. The molecule has 0 bridgehead atoms. The van der Waals surface area contributed by atoms with Gasteiger partial charge in [-0.3, -0.25) is 4.79 Å². The van der Waals surface area contributed by atoms with Crippen LogP contribution in [0.15, 0.2) is 12.1 Å². The summed E-state index contributed by atoms with van der Waals surface area (Å²) in [7, 11) is 0. The fraction of sp³-hybridized carbons (Fsp3) is 0.462. The zero-order valence-electron chi connectivity index (χ0n) is 10.8. The Bertz CT molecular complexity index is 424. The Kier molecular flexibility index (Phi) is 5.29. The van der Waals surface area contributed by atoms with Crippen LogP contribution in [0.1, 0.15) is 37.6 Å². The molecule has 100 valence electrons. The average Bonchev–Trinajstić information content (AvgIpc) is 2.23. The molecule has 0 aliphatic rings. The predicted octanol–water partition coefficient (Wildman–Crippen LogP) is 3.74. The van der Waals surface area contributed by atoms with Crippen LogP contribution in [0.4, 0.5) is 5.69 Å². The number of benzene rings is 1. The number of nitrogens with one attached hydrogen (secondary N) is 1. The first kappa shape index (κ1) is 15.1. The van der Waals surface area contributed by atoms with Gasteiger partial charge in [-0.2, -0.15) is 0 Å². The maximum atomic E-state index is 12.0. The molecule has 18 heavy (non-hydrogen) atoms. The maximum absolute atomic E-state index is 12.0. The first-order valence-corrected chi connectivity index (χ1v) is 6.62. The minimum atomic E-state index is -0.187. The Morgan fingerprint density at radius 1 is 1.33 bits per heavy atom. The van der Waals surface area contributed by atoms with Gasteiger partial charge in [-0.05, 0) is 31.4 Å². The fourth-order valence-electron chi connectivity index (χ4n) is 1.81. The quantitative estimate of drug-likeness (QED) is 0.830. The Hall–Kier alpha value is -0.930. The lowest BCUT2D eigenvalue weighted by Gasteiger charge is -2.16.